The van der Waals surface area contributed by atoms with Crippen LogP contribution in [0.3, 0.4) is 0 Å². The SMILES string of the molecule is Cc1nc(N2CCCCC2)c2[nH]c(-c3ccc(O)cc3)c(C)c2n1.Cl. The molecule has 1 aromatic carbocycles. The molecule has 0 saturated carbocycles. The van der Waals surface area contributed by atoms with Crippen LogP contribution in [0.1, 0.15) is 30.7 Å². The molecule has 2 N–H and O–H groups in total. The number of aryl methyl sites for hydroxylation is 2. The van der Waals surface area contributed by atoms with Gasteiger partial charge >= 0.3 is 0 Å². The normalized spacial score (nSPS) is 14.6. The lowest BCUT2D eigenvalue weighted by molar-refractivity contribution is 0.475. The average molecular weight is 359 g/mol. The molecule has 0 bridgehead atoms. The quantitative estimate of drug-likeness (QED) is 0.714. The van der Waals surface area contributed by atoms with Gasteiger partial charge in [0.25, 0.3) is 0 Å². The Balaban J connectivity index is 0.00000182. The number of H-pyrrole nitrogens is 1. The lowest BCUT2D eigenvalue weighted by Crippen LogP contribution is -2.30. The molecule has 25 heavy (non-hydrogen) atoms. The summed E-state index contributed by atoms with van der Waals surface area (Å²) in [6, 6.07) is 7.27. The summed E-state index contributed by atoms with van der Waals surface area (Å²) in [5, 5.41) is 9.52. The molecule has 0 atom stereocenters. The number of nitrogens with one attached hydrogen (secondary N) is 1. The van der Waals surface area contributed by atoms with E-state index in [9.17, 15) is 5.11 Å². The van der Waals surface area contributed by atoms with E-state index in [0.29, 0.717) is 0 Å². The van der Waals surface area contributed by atoms with Crippen molar-refractivity contribution in [1.29, 1.82) is 0 Å². The van der Waals surface area contributed by atoms with Crippen LogP contribution >= 0.6 is 12.4 Å². The zero-order chi connectivity index (χ0) is 16.7. The van der Waals surface area contributed by atoms with Crippen LogP contribution in [0.5, 0.6) is 5.75 Å². The fourth-order valence-corrected chi connectivity index (χ4v) is 3.53. The second-order valence-electron chi connectivity index (χ2n) is 6.54. The van der Waals surface area contributed by atoms with Crippen LogP contribution in [-0.4, -0.2) is 33.1 Å². The van der Waals surface area contributed by atoms with E-state index in [1.165, 1.54) is 19.3 Å². The summed E-state index contributed by atoms with van der Waals surface area (Å²) in [5.74, 6) is 2.10. The van der Waals surface area contributed by atoms with Crippen LogP contribution in [0, 0.1) is 13.8 Å². The molecule has 1 saturated heterocycles. The standard InChI is InChI=1S/C19H22N4O.ClH/c1-12-16(14-6-8-15(24)9-7-14)22-18-17(12)20-13(2)21-19(18)23-10-4-3-5-11-23;/h6-9,22,24H,3-5,10-11H2,1-2H3;1H. The second-order valence-corrected chi connectivity index (χ2v) is 6.54. The molecule has 0 aliphatic carbocycles. The number of aromatic nitrogens is 3. The van der Waals surface area contributed by atoms with Gasteiger partial charge in [0.15, 0.2) is 5.82 Å². The van der Waals surface area contributed by atoms with Crippen LogP contribution in [0.15, 0.2) is 24.3 Å². The Hall–Kier alpha value is -2.27. The van der Waals surface area contributed by atoms with Crippen molar-refractivity contribution in [3.63, 3.8) is 0 Å². The summed E-state index contributed by atoms with van der Waals surface area (Å²) in [7, 11) is 0. The Morgan fingerprint density at radius 1 is 1.00 bits per heavy atom. The fraction of sp³-hybridized carbons (Fsp3) is 0.368. The molecule has 0 radical (unpaired) electrons. The predicted molar refractivity (Wildman–Crippen MR) is 104 cm³/mol. The number of phenolic OH excluding ortho intramolecular Hbond substituents is 1. The van der Waals surface area contributed by atoms with Crippen molar-refractivity contribution < 1.29 is 5.11 Å². The summed E-state index contributed by atoms with van der Waals surface area (Å²) in [4.78, 5) is 15.3. The van der Waals surface area contributed by atoms with E-state index in [1.807, 2.05) is 19.1 Å². The Kier molecular flexibility index (Phi) is 4.86. The Morgan fingerprint density at radius 2 is 1.68 bits per heavy atom. The number of fused-ring (bicyclic) bond motifs is 1. The van der Waals surface area contributed by atoms with Gasteiger partial charge in [0.05, 0.1) is 11.2 Å². The Labute approximate surface area is 153 Å². The summed E-state index contributed by atoms with van der Waals surface area (Å²) in [6.45, 7) is 6.16. The highest BCUT2D eigenvalue weighted by molar-refractivity contribution is 5.94. The maximum atomic E-state index is 9.52. The molecule has 1 aliphatic heterocycles. The molecular formula is C19H23ClN4O. The monoisotopic (exact) mass is 358 g/mol. The van der Waals surface area contributed by atoms with Crippen molar-refractivity contribution in [1.82, 2.24) is 15.0 Å². The van der Waals surface area contributed by atoms with Gasteiger partial charge in [-0.2, -0.15) is 0 Å². The van der Waals surface area contributed by atoms with Gasteiger partial charge < -0.3 is 15.0 Å². The van der Waals surface area contributed by atoms with Crippen molar-refractivity contribution in [3.8, 4) is 17.0 Å². The average Bonchev–Trinajstić information content (AvgIpc) is 2.93. The first-order valence-corrected chi connectivity index (χ1v) is 8.55. The molecule has 3 heterocycles. The van der Waals surface area contributed by atoms with E-state index in [-0.39, 0.29) is 18.2 Å². The van der Waals surface area contributed by atoms with Gasteiger partial charge in [-0.05, 0) is 62.9 Å². The number of anilines is 1. The minimum absolute atomic E-state index is 0. The third-order valence-corrected chi connectivity index (χ3v) is 4.79. The number of aromatic hydroxyl groups is 1. The van der Waals surface area contributed by atoms with Gasteiger partial charge in [0.1, 0.15) is 17.1 Å². The third-order valence-electron chi connectivity index (χ3n) is 4.79. The molecule has 0 unspecified atom stereocenters. The van der Waals surface area contributed by atoms with Gasteiger partial charge in [-0.15, -0.1) is 12.4 Å². The highest BCUT2D eigenvalue weighted by Crippen LogP contribution is 2.34. The zero-order valence-corrected chi connectivity index (χ0v) is 15.4. The molecule has 1 fully saturated rings. The molecule has 2 aromatic heterocycles. The number of halogens is 1. The molecule has 0 amide bonds. The van der Waals surface area contributed by atoms with Crippen molar-refractivity contribution in [2.75, 3.05) is 18.0 Å². The lowest BCUT2D eigenvalue weighted by Gasteiger charge is -2.28. The first kappa shape index (κ1) is 17.5. The van der Waals surface area contributed by atoms with Crippen molar-refractivity contribution >= 4 is 29.3 Å². The largest absolute Gasteiger partial charge is 0.508 e. The smallest absolute Gasteiger partial charge is 0.156 e. The number of phenols is 1. The van der Waals surface area contributed by atoms with Gasteiger partial charge in [-0.25, -0.2) is 9.97 Å². The Morgan fingerprint density at radius 3 is 2.36 bits per heavy atom. The highest BCUT2D eigenvalue weighted by atomic mass is 35.5. The number of piperidine rings is 1. The molecule has 4 rings (SSSR count). The van der Waals surface area contributed by atoms with Gasteiger partial charge in [-0.3, -0.25) is 0 Å². The molecule has 1 aliphatic rings. The second kappa shape index (κ2) is 6.92. The minimum atomic E-state index is 0. The van der Waals surface area contributed by atoms with Crippen LogP contribution in [0.2, 0.25) is 0 Å². The molecule has 6 heteroatoms. The fourth-order valence-electron chi connectivity index (χ4n) is 3.53. The predicted octanol–water partition coefficient (Wildman–Crippen LogP) is 4.36. The van der Waals surface area contributed by atoms with Crippen LogP contribution in [0.25, 0.3) is 22.3 Å². The third kappa shape index (κ3) is 3.16. The summed E-state index contributed by atoms with van der Waals surface area (Å²) >= 11 is 0. The topological polar surface area (TPSA) is 65.0 Å². The van der Waals surface area contributed by atoms with Crippen molar-refractivity contribution in [2.24, 2.45) is 0 Å². The van der Waals surface area contributed by atoms with Gasteiger partial charge in [-0.1, -0.05) is 0 Å². The molecule has 132 valence electrons. The minimum Gasteiger partial charge on any atom is -0.508 e. The van der Waals surface area contributed by atoms with E-state index >= 15 is 0 Å². The zero-order valence-electron chi connectivity index (χ0n) is 14.5. The van der Waals surface area contributed by atoms with E-state index in [1.54, 1.807) is 12.1 Å². The highest BCUT2D eigenvalue weighted by Gasteiger charge is 2.20. The summed E-state index contributed by atoms with van der Waals surface area (Å²) in [6.07, 6.45) is 3.73. The first-order chi connectivity index (χ1) is 11.6. The van der Waals surface area contributed by atoms with E-state index < -0.39 is 0 Å². The number of rotatable bonds is 2. The Bertz CT molecular complexity index is 883. The molecule has 0 spiro atoms. The maximum absolute atomic E-state index is 9.52. The van der Waals surface area contributed by atoms with Crippen LogP contribution < -0.4 is 4.90 Å². The molecular weight excluding hydrogens is 336 g/mol. The number of aromatic amines is 1. The molecule has 5 nitrogen and oxygen atoms in total. The lowest BCUT2D eigenvalue weighted by atomic mass is 10.1. The number of hydrogen-bond acceptors (Lipinski definition) is 4. The first-order valence-electron chi connectivity index (χ1n) is 8.55. The van der Waals surface area contributed by atoms with Crippen molar-refractivity contribution in [2.45, 2.75) is 33.1 Å². The van der Waals surface area contributed by atoms with E-state index in [4.69, 9.17) is 4.98 Å². The van der Waals surface area contributed by atoms with E-state index in [2.05, 4.69) is 21.8 Å². The van der Waals surface area contributed by atoms with Gasteiger partial charge in [0.2, 0.25) is 0 Å². The van der Waals surface area contributed by atoms with E-state index in [0.717, 1.165) is 52.6 Å². The number of nitrogens with zero attached hydrogens (tertiary/aromatic N) is 3. The molecule has 3 aromatic rings. The van der Waals surface area contributed by atoms with Crippen LogP contribution in [0.4, 0.5) is 5.82 Å². The number of hydrogen-bond donors (Lipinski definition) is 2. The maximum Gasteiger partial charge on any atom is 0.156 e. The number of benzene rings is 1. The summed E-state index contributed by atoms with van der Waals surface area (Å²) in [5.41, 5.74) is 5.22. The van der Waals surface area contributed by atoms with Crippen LogP contribution in [-0.2, 0) is 0 Å². The van der Waals surface area contributed by atoms with Crippen molar-refractivity contribution in [3.05, 3.63) is 35.7 Å². The van der Waals surface area contributed by atoms with Gasteiger partial charge in [0, 0.05) is 18.7 Å². The summed E-state index contributed by atoms with van der Waals surface area (Å²) < 4.78 is 0.